The van der Waals surface area contributed by atoms with E-state index in [0.717, 1.165) is 24.5 Å². The average Bonchev–Trinajstić information content (AvgIpc) is 3.18. The summed E-state index contributed by atoms with van der Waals surface area (Å²) in [6, 6.07) is 0.109. The third kappa shape index (κ3) is 3.02. The second kappa shape index (κ2) is 6.68. The molecule has 1 aliphatic rings. The lowest BCUT2D eigenvalue weighted by atomic mass is 10.2. The van der Waals surface area contributed by atoms with Crippen LogP contribution in [-0.4, -0.2) is 34.8 Å². The van der Waals surface area contributed by atoms with E-state index in [1.807, 2.05) is 23.9 Å². The van der Waals surface area contributed by atoms with Crippen LogP contribution in [0.3, 0.4) is 0 Å². The molecule has 114 valence electrons. The number of aromatic nitrogens is 3. The lowest BCUT2D eigenvalue weighted by Crippen LogP contribution is -2.27. The molecule has 0 aliphatic heterocycles. The van der Waals surface area contributed by atoms with Crippen molar-refractivity contribution in [3.05, 3.63) is 33.8 Å². The van der Waals surface area contributed by atoms with Gasteiger partial charge >= 0.3 is 0 Å². The number of rotatable bonds is 7. The van der Waals surface area contributed by atoms with Crippen molar-refractivity contribution in [2.75, 3.05) is 20.3 Å². The highest BCUT2D eigenvalue weighted by molar-refractivity contribution is 7.11. The predicted octanol–water partition coefficient (Wildman–Crippen LogP) is 2.17. The molecule has 1 unspecified atom stereocenters. The molecule has 2 aromatic heterocycles. The van der Waals surface area contributed by atoms with Gasteiger partial charge in [-0.15, -0.1) is 11.3 Å². The standard InChI is InChI=1S/C15H22N4OS/c1-3-19-10-16-9-12(19)14(17-7-8-20-2)15-18-11-5-4-6-13(11)21-15/h9-10,14,17H,3-8H2,1-2H3. The zero-order valence-corrected chi connectivity index (χ0v) is 13.4. The summed E-state index contributed by atoms with van der Waals surface area (Å²) in [5.74, 6) is 0. The first-order valence-electron chi connectivity index (χ1n) is 7.54. The van der Waals surface area contributed by atoms with Gasteiger partial charge in [-0.2, -0.15) is 0 Å². The summed E-state index contributed by atoms with van der Waals surface area (Å²) in [5.41, 5.74) is 2.48. The van der Waals surface area contributed by atoms with E-state index >= 15 is 0 Å². The monoisotopic (exact) mass is 306 g/mol. The number of nitrogens with one attached hydrogen (secondary N) is 1. The van der Waals surface area contributed by atoms with Crippen LogP contribution in [0.5, 0.6) is 0 Å². The van der Waals surface area contributed by atoms with Gasteiger partial charge in [0.2, 0.25) is 0 Å². The van der Waals surface area contributed by atoms with Crippen LogP contribution in [-0.2, 0) is 24.1 Å². The third-order valence-corrected chi connectivity index (χ3v) is 5.12. The van der Waals surface area contributed by atoms with Gasteiger partial charge in [0.25, 0.3) is 0 Å². The van der Waals surface area contributed by atoms with Crippen LogP contribution in [0.4, 0.5) is 0 Å². The number of hydrogen-bond donors (Lipinski definition) is 1. The van der Waals surface area contributed by atoms with Crippen molar-refractivity contribution >= 4 is 11.3 Å². The number of hydrogen-bond acceptors (Lipinski definition) is 5. The van der Waals surface area contributed by atoms with E-state index in [2.05, 4.69) is 21.8 Å². The second-order valence-corrected chi connectivity index (χ2v) is 6.38. The summed E-state index contributed by atoms with van der Waals surface area (Å²) >= 11 is 1.85. The Kier molecular flexibility index (Phi) is 4.67. The molecule has 0 fully saturated rings. The fourth-order valence-electron chi connectivity index (χ4n) is 2.79. The van der Waals surface area contributed by atoms with E-state index in [9.17, 15) is 0 Å². The van der Waals surface area contributed by atoms with Crippen molar-refractivity contribution in [2.45, 2.75) is 38.8 Å². The first-order valence-corrected chi connectivity index (χ1v) is 8.36. The normalized spacial score (nSPS) is 15.3. The van der Waals surface area contributed by atoms with E-state index in [4.69, 9.17) is 9.72 Å². The lowest BCUT2D eigenvalue weighted by Gasteiger charge is -2.18. The lowest BCUT2D eigenvalue weighted by molar-refractivity contribution is 0.197. The fraction of sp³-hybridized carbons (Fsp3) is 0.600. The highest BCUT2D eigenvalue weighted by Gasteiger charge is 2.24. The minimum Gasteiger partial charge on any atom is -0.383 e. The fourth-order valence-corrected chi connectivity index (χ4v) is 4.04. The van der Waals surface area contributed by atoms with Gasteiger partial charge in [-0.1, -0.05) is 0 Å². The zero-order valence-electron chi connectivity index (χ0n) is 12.6. The van der Waals surface area contributed by atoms with E-state index in [0.29, 0.717) is 6.61 Å². The number of methoxy groups -OCH3 is 1. The number of thiazole rings is 1. The molecule has 0 bridgehead atoms. The van der Waals surface area contributed by atoms with Crippen LogP contribution in [0.15, 0.2) is 12.5 Å². The summed E-state index contributed by atoms with van der Waals surface area (Å²) in [5, 5.41) is 4.72. The molecule has 5 nitrogen and oxygen atoms in total. The maximum Gasteiger partial charge on any atom is 0.116 e. The SMILES string of the molecule is CCn1cncc1C(NCCOC)c1nc2c(s1)CCC2. The molecule has 0 amide bonds. The van der Waals surface area contributed by atoms with E-state index in [1.165, 1.54) is 29.1 Å². The second-order valence-electron chi connectivity index (χ2n) is 5.26. The molecule has 1 N–H and O–H groups in total. The van der Waals surface area contributed by atoms with Crippen molar-refractivity contribution in [3.8, 4) is 0 Å². The molecule has 0 radical (unpaired) electrons. The van der Waals surface area contributed by atoms with Crippen LogP contribution in [0, 0.1) is 0 Å². The molecule has 1 aliphatic carbocycles. The molecular formula is C15H22N4OS. The number of fused-ring (bicyclic) bond motifs is 1. The van der Waals surface area contributed by atoms with Gasteiger partial charge < -0.3 is 14.6 Å². The Balaban J connectivity index is 1.87. The minimum absolute atomic E-state index is 0.109. The minimum atomic E-state index is 0.109. The van der Waals surface area contributed by atoms with Crippen LogP contribution in [0.1, 0.15) is 40.7 Å². The Hall–Kier alpha value is -1.24. The van der Waals surface area contributed by atoms with Crippen LogP contribution >= 0.6 is 11.3 Å². The zero-order chi connectivity index (χ0) is 14.7. The molecular weight excluding hydrogens is 284 g/mol. The molecule has 21 heavy (non-hydrogen) atoms. The Morgan fingerprint density at radius 1 is 1.48 bits per heavy atom. The molecule has 0 saturated heterocycles. The molecule has 2 heterocycles. The maximum atomic E-state index is 5.16. The topological polar surface area (TPSA) is 52.0 Å². The maximum absolute atomic E-state index is 5.16. The molecule has 3 rings (SSSR count). The van der Waals surface area contributed by atoms with Gasteiger partial charge in [0, 0.05) is 25.1 Å². The third-order valence-electron chi connectivity index (χ3n) is 3.89. The molecule has 6 heteroatoms. The molecule has 0 spiro atoms. The molecule has 1 atom stereocenters. The van der Waals surface area contributed by atoms with Crippen molar-refractivity contribution in [1.82, 2.24) is 19.9 Å². The molecule has 0 aromatic carbocycles. The van der Waals surface area contributed by atoms with Gasteiger partial charge in [0.1, 0.15) is 11.0 Å². The van der Waals surface area contributed by atoms with Crippen LogP contribution in [0.25, 0.3) is 0 Å². The Morgan fingerprint density at radius 2 is 2.38 bits per heavy atom. The van der Waals surface area contributed by atoms with E-state index in [-0.39, 0.29) is 6.04 Å². The number of nitrogens with zero attached hydrogens (tertiary/aromatic N) is 3. The van der Waals surface area contributed by atoms with Gasteiger partial charge in [-0.3, -0.25) is 0 Å². The summed E-state index contributed by atoms with van der Waals surface area (Å²) < 4.78 is 7.34. The van der Waals surface area contributed by atoms with Crippen molar-refractivity contribution < 1.29 is 4.74 Å². The summed E-state index contributed by atoms with van der Waals surface area (Å²) in [6.07, 6.45) is 7.40. The highest BCUT2D eigenvalue weighted by atomic mass is 32.1. The van der Waals surface area contributed by atoms with Crippen LogP contribution < -0.4 is 5.32 Å². The van der Waals surface area contributed by atoms with Crippen molar-refractivity contribution in [1.29, 1.82) is 0 Å². The Morgan fingerprint density at radius 3 is 3.14 bits per heavy atom. The van der Waals surface area contributed by atoms with Gasteiger partial charge in [-0.05, 0) is 26.2 Å². The largest absolute Gasteiger partial charge is 0.383 e. The highest BCUT2D eigenvalue weighted by Crippen LogP contribution is 2.33. The van der Waals surface area contributed by atoms with Crippen molar-refractivity contribution in [2.24, 2.45) is 0 Å². The van der Waals surface area contributed by atoms with Gasteiger partial charge in [0.05, 0.1) is 30.5 Å². The summed E-state index contributed by atoms with van der Waals surface area (Å²) in [7, 11) is 1.73. The number of aryl methyl sites for hydroxylation is 3. The first-order chi connectivity index (χ1) is 10.3. The average molecular weight is 306 g/mol. The first kappa shape index (κ1) is 14.7. The molecule has 2 aromatic rings. The van der Waals surface area contributed by atoms with Crippen molar-refractivity contribution in [3.63, 3.8) is 0 Å². The Labute approximate surface area is 129 Å². The molecule has 0 saturated carbocycles. The van der Waals surface area contributed by atoms with Gasteiger partial charge in [-0.25, -0.2) is 9.97 Å². The number of ether oxygens (including phenoxy) is 1. The Bertz CT molecular complexity index is 571. The summed E-state index contributed by atoms with van der Waals surface area (Å²) in [6.45, 7) is 4.56. The van der Waals surface area contributed by atoms with Crippen LogP contribution in [0.2, 0.25) is 0 Å². The smallest absolute Gasteiger partial charge is 0.116 e. The number of imidazole rings is 1. The van der Waals surface area contributed by atoms with E-state index < -0.39 is 0 Å². The predicted molar refractivity (Wildman–Crippen MR) is 83.8 cm³/mol. The van der Waals surface area contributed by atoms with E-state index in [1.54, 1.807) is 7.11 Å². The summed E-state index contributed by atoms with van der Waals surface area (Å²) in [4.78, 5) is 10.6. The van der Waals surface area contributed by atoms with Gasteiger partial charge in [0.15, 0.2) is 0 Å². The quantitative estimate of drug-likeness (QED) is 0.797.